The molecule has 3 heteroatoms. The minimum absolute atomic E-state index is 0.816. The van der Waals surface area contributed by atoms with E-state index in [4.69, 9.17) is 8.85 Å². The summed E-state index contributed by atoms with van der Waals surface area (Å²) in [5.74, 6) is 0. The highest BCUT2D eigenvalue weighted by molar-refractivity contribution is 6.61. The Balaban J connectivity index is 2.46. The fourth-order valence-corrected chi connectivity index (χ4v) is 2.76. The maximum atomic E-state index is 5.73. The number of rotatable bonds is 6. The van der Waals surface area contributed by atoms with E-state index in [2.05, 4.69) is 19.1 Å². The zero-order valence-electron chi connectivity index (χ0n) is 8.90. The summed E-state index contributed by atoms with van der Waals surface area (Å²) in [5, 5.41) is 1.21. The van der Waals surface area contributed by atoms with Gasteiger partial charge in [-0.15, -0.1) is 0 Å². The highest BCUT2D eigenvalue weighted by Crippen LogP contribution is 1.95. The molecular formula is C11H18O2Si. The molecule has 0 aliphatic heterocycles. The highest BCUT2D eigenvalue weighted by Gasteiger charge is 2.13. The first-order valence-corrected chi connectivity index (χ1v) is 6.59. The van der Waals surface area contributed by atoms with Gasteiger partial charge in [0.1, 0.15) is 0 Å². The lowest BCUT2D eigenvalue weighted by atomic mass is 10.4. The molecule has 0 fully saturated rings. The Morgan fingerprint density at radius 3 is 2.50 bits per heavy atom. The largest absolute Gasteiger partial charge is 0.397 e. The van der Waals surface area contributed by atoms with E-state index in [1.807, 2.05) is 18.2 Å². The van der Waals surface area contributed by atoms with Crippen LogP contribution in [0.1, 0.15) is 19.8 Å². The predicted molar refractivity (Wildman–Crippen MR) is 61.1 cm³/mol. The van der Waals surface area contributed by atoms with Crippen LogP contribution in [0.3, 0.4) is 0 Å². The Kier molecular flexibility index (Phi) is 5.52. The lowest BCUT2D eigenvalue weighted by molar-refractivity contribution is 0.237. The van der Waals surface area contributed by atoms with Crippen molar-refractivity contribution in [2.45, 2.75) is 19.8 Å². The average molecular weight is 210 g/mol. The Labute approximate surface area is 87.7 Å². The Bertz CT molecular complexity index is 238. The van der Waals surface area contributed by atoms with Gasteiger partial charge in [0.05, 0.1) is 0 Å². The summed E-state index contributed by atoms with van der Waals surface area (Å²) < 4.78 is 11.1. The van der Waals surface area contributed by atoms with Crippen molar-refractivity contribution in [3.05, 3.63) is 30.3 Å². The summed E-state index contributed by atoms with van der Waals surface area (Å²) in [7, 11) is 0.129. The summed E-state index contributed by atoms with van der Waals surface area (Å²) in [4.78, 5) is 0. The van der Waals surface area contributed by atoms with Gasteiger partial charge in [-0.1, -0.05) is 43.7 Å². The molecule has 0 aliphatic carbocycles. The molecule has 0 saturated carbocycles. The van der Waals surface area contributed by atoms with Crippen LogP contribution in [-0.4, -0.2) is 23.0 Å². The van der Waals surface area contributed by atoms with E-state index < -0.39 is 9.28 Å². The van der Waals surface area contributed by atoms with Crippen LogP contribution < -0.4 is 5.19 Å². The third-order valence-corrected chi connectivity index (χ3v) is 3.95. The van der Waals surface area contributed by atoms with Crippen molar-refractivity contribution < 1.29 is 8.85 Å². The third kappa shape index (κ3) is 3.62. The predicted octanol–water partition coefficient (Wildman–Crippen LogP) is 1.58. The molecular weight excluding hydrogens is 192 g/mol. The van der Waals surface area contributed by atoms with Gasteiger partial charge in [0, 0.05) is 13.7 Å². The first-order valence-electron chi connectivity index (χ1n) is 5.07. The van der Waals surface area contributed by atoms with Crippen molar-refractivity contribution in [1.29, 1.82) is 0 Å². The van der Waals surface area contributed by atoms with Crippen molar-refractivity contribution in [2.75, 3.05) is 13.7 Å². The molecule has 0 spiro atoms. The second-order valence-corrected chi connectivity index (χ2v) is 5.34. The fraction of sp³-hybridized carbons (Fsp3) is 0.455. The molecule has 78 valence electrons. The maximum absolute atomic E-state index is 5.73. The van der Waals surface area contributed by atoms with Crippen LogP contribution in [0.2, 0.25) is 0 Å². The second kappa shape index (κ2) is 6.76. The standard InChI is InChI=1S/C11H18O2Si/c1-3-4-10-13-14(12-2)11-8-6-5-7-9-11/h5-9,14H,3-4,10H2,1-2H3. The van der Waals surface area contributed by atoms with Gasteiger partial charge in [-0.3, -0.25) is 0 Å². The lowest BCUT2D eigenvalue weighted by Crippen LogP contribution is -2.36. The van der Waals surface area contributed by atoms with Gasteiger partial charge in [-0.25, -0.2) is 0 Å². The van der Waals surface area contributed by atoms with Crippen LogP contribution in [0.4, 0.5) is 0 Å². The van der Waals surface area contributed by atoms with E-state index in [1.54, 1.807) is 7.11 Å². The summed E-state index contributed by atoms with van der Waals surface area (Å²) in [6.45, 7) is 2.98. The molecule has 0 aromatic heterocycles. The SMILES string of the molecule is CCCCO[SiH](OC)c1ccccc1. The number of unbranched alkanes of at least 4 members (excludes halogenated alkanes) is 1. The Hall–Kier alpha value is -0.643. The number of hydrogen-bond donors (Lipinski definition) is 0. The monoisotopic (exact) mass is 210 g/mol. The van der Waals surface area contributed by atoms with E-state index in [1.165, 1.54) is 11.6 Å². The smallest absolute Gasteiger partial charge is 0.355 e. The summed E-state index contributed by atoms with van der Waals surface area (Å²) >= 11 is 0. The molecule has 0 amide bonds. The summed E-state index contributed by atoms with van der Waals surface area (Å²) in [6.07, 6.45) is 2.28. The minimum atomic E-state index is -1.60. The Morgan fingerprint density at radius 2 is 1.93 bits per heavy atom. The summed E-state index contributed by atoms with van der Waals surface area (Å²) in [5.41, 5.74) is 0. The topological polar surface area (TPSA) is 18.5 Å². The van der Waals surface area contributed by atoms with Crippen LogP contribution in [0.15, 0.2) is 30.3 Å². The molecule has 0 bridgehead atoms. The highest BCUT2D eigenvalue weighted by atomic mass is 28.3. The van der Waals surface area contributed by atoms with Crippen molar-refractivity contribution in [3.63, 3.8) is 0 Å². The van der Waals surface area contributed by atoms with Gasteiger partial charge in [0.25, 0.3) is 0 Å². The molecule has 0 saturated heterocycles. The second-order valence-electron chi connectivity index (χ2n) is 3.20. The lowest BCUT2D eigenvalue weighted by Gasteiger charge is -2.13. The van der Waals surface area contributed by atoms with Gasteiger partial charge in [-0.05, 0) is 11.6 Å². The fourth-order valence-electron chi connectivity index (χ4n) is 1.25. The van der Waals surface area contributed by atoms with Crippen LogP contribution in [-0.2, 0) is 8.85 Å². The molecule has 2 nitrogen and oxygen atoms in total. The molecule has 0 radical (unpaired) electrons. The molecule has 0 heterocycles. The minimum Gasteiger partial charge on any atom is -0.397 e. The van der Waals surface area contributed by atoms with Crippen molar-refractivity contribution in [3.8, 4) is 0 Å². The van der Waals surface area contributed by atoms with Gasteiger partial charge in [0.15, 0.2) is 0 Å². The Morgan fingerprint density at radius 1 is 1.21 bits per heavy atom. The van der Waals surface area contributed by atoms with Crippen molar-refractivity contribution in [1.82, 2.24) is 0 Å². The zero-order valence-corrected chi connectivity index (χ0v) is 10.1. The van der Waals surface area contributed by atoms with E-state index >= 15 is 0 Å². The third-order valence-electron chi connectivity index (χ3n) is 2.05. The van der Waals surface area contributed by atoms with Crippen LogP contribution in [0, 0.1) is 0 Å². The van der Waals surface area contributed by atoms with Crippen LogP contribution >= 0.6 is 0 Å². The maximum Gasteiger partial charge on any atom is 0.355 e. The van der Waals surface area contributed by atoms with E-state index in [9.17, 15) is 0 Å². The molecule has 0 N–H and O–H groups in total. The molecule has 1 atom stereocenters. The molecule has 14 heavy (non-hydrogen) atoms. The molecule has 1 aromatic carbocycles. The van der Waals surface area contributed by atoms with Crippen LogP contribution in [0.25, 0.3) is 0 Å². The van der Waals surface area contributed by atoms with Gasteiger partial charge in [0.2, 0.25) is 0 Å². The molecule has 1 rings (SSSR count). The first kappa shape index (κ1) is 11.4. The van der Waals surface area contributed by atoms with Crippen molar-refractivity contribution in [2.24, 2.45) is 0 Å². The van der Waals surface area contributed by atoms with Crippen molar-refractivity contribution >= 4 is 14.5 Å². The first-order chi connectivity index (χ1) is 6.88. The summed E-state index contributed by atoms with van der Waals surface area (Å²) in [6, 6.07) is 10.2. The average Bonchev–Trinajstić information content (AvgIpc) is 2.26. The van der Waals surface area contributed by atoms with Gasteiger partial charge < -0.3 is 8.85 Å². The van der Waals surface area contributed by atoms with E-state index in [0.717, 1.165) is 13.0 Å². The number of benzene rings is 1. The van der Waals surface area contributed by atoms with Gasteiger partial charge >= 0.3 is 9.28 Å². The molecule has 1 aromatic rings. The van der Waals surface area contributed by atoms with E-state index in [-0.39, 0.29) is 0 Å². The van der Waals surface area contributed by atoms with E-state index in [0.29, 0.717) is 0 Å². The number of hydrogen-bond acceptors (Lipinski definition) is 2. The quantitative estimate of drug-likeness (QED) is 0.524. The zero-order chi connectivity index (χ0) is 10.2. The normalized spacial score (nSPS) is 12.7. The molecule has 0 aliphatic rings. The van der Waals surface area contributed by atoms with Crippen LogP contribution in [0.5, 0.6) is 0 Å². The van der Waals surface area contributed by atoms with Gasteiger partial charge in [-0.2, -0.15) is 0 Å². The molecule has 1 unspecified atom stereocenters.